The van der Waals surface area contributed by atoms with Gasteiger partial charge in [-0.2, -0.15) is 0 Å². The zero-order chi connectivity index (χ0) is 13.0. The second kappa shape index (κ2) is 6.79. The lowest BCUT2D eigenvalue weighted by Crippen LogP contribution is -2.29. The van der Waals surface area contributed by atoms with Gasteiger partial charge in [0.25, 0.3) is 0 Å². The van der Waals surface area contributed by atoms with Crippen molar-refractivity contribution in [1.82, 2.24) is 4.90 Å². The third-order valence-electron chi connectivity index (χ3n) is 3.75. The summed E-state index contributed by atoms with van der Waals surface area (Å²) in [6.07, 6.45) is 4.94. The Kier molecular flexibility index (Phi) is 5.35. The Morgan fingerprint density at radius 1 is 1.39 bits per heavy atom. The highest BCUT2D eigenvalue weighted by molar-refractivity contribution is 6.31. The Bertz CT molecular complexity index is 392. The molecule has 1 aromatic rings. The van der Waals surface area contributed by atoms with Crippen LogP contribution in [0, 0.1) is 6.92 Å². The first-order valence-electron chi connectivity index (χ1n) is 6.75. The Balaban J connectivity index is 1.99. The van der Waals surface area contributed by atoms with Gasteiger partial charge in [0, 0.05) is 23.5 Å². The van der Waals surface area contributed by atoms with Gasteiger partial charge in [0.15, 0.2) is 0 Å². The highest BCUT2D eigenvalue weighted by atomic mass is 35.5. The number of alkyl halides is 1. The summed E-state index contributed by atoms with van der Waals surface area (Å²) in [4.78, 5) is 2.56. The largest absolute Gasteiger partial charge is 0.296 e. The summed E-state index contributed by atoms with van der Waals surface area (Å²) < 4.78 is 0. The molecule has 0 bridgehead atoms. The van der Waals surface area contributed by atoms with Gasteiger partial charge >= 0.3 is 0 Å². The summed E-state index contributed by atoms with van der Waals surface area (Å²) in [6.45, 7) is 4.25. The van der Waals surface area contributed by atoms with E-state index in [1.807, 2.05) is 0 Å². The van der Waals surface area contributed by atoms with Crippen molar-refractivity contribution >= 4 is 23.2 Å². The fourth-order valence-corrected chi connectivity index (χ4v) is 3.19. The van der Waals surface area contributed by atoms with E-state index in [-0.39, 0.29) is 0 Å². The van der Waals surface area contributed by atoms with E-state index < -0.39 is 0 Å². The highest BCUT2D eigenvalue weighted by Gasteiger charge is 2.24. The predicted molar refractivity (Wildman–Crippen MR) is 79.6 cm³/mol. The molecule has 100 valence electrons. The molecule has 0 aromatic heterocycles. The molecule has 0 radical (unpaired) electrons. The minimum atomic E-state index is 0.695. The molecule has 1 fully saturated rings. The maximum absolute atomic E-state index is 6.31. The lowest BCUT2D eigenvalue weighted by molar-refractivity contribution is 0.234. The zero-order valence-electron chi connectivity index (χ0n) is 11.0. The molecule has 0 amide bonds. The fourth-order valence-electron chi connectivity index (χ4n) is 2.74. The van der Waals surface area contributed by atoms with Gasteiger partial charge in [-0.1, -0.05) is 23.7 Å². The molecule has 0 saturated carbocycles. The minimum absolute atomic E-state index is 0.695. The second-order valence-electron chi connectivity index (χ2n) is 5.19. The van der Waals surface area contributed by atoms with Crippen LogP contribution >= 0.6 is 23.2 Å². The molecule has 2 rings (SSSR count). The van der Waals surface area contributed by atoms with E-state index in [9.17, 15) is 0 Å². The SMILES string of the molecule is Cc1ccc(CN2CCCC2CCCCl)c(Cl)c1. The quantitative estimate of drug-likeness (QED) is 0.713. The molecule has 18 heavy (non-hydrogen) atoms. The van der Waals surface area contributed by atoms with Crippen LogP contribution < -0.4 is 0 Å². The van der Waals surface area contributed by atoms with E-state index in [1.54, 1.807) is 0 Å². The van der Waals surface area contributed by atoms with Gasteiger partial charge < -0.3 is 0 Å². The van der Waals surface area contributed by atoms with Crippen molar-refractivity contribution in [1.29, 1.82) is 0 Å². The average molecular weight is 286 g/mol. The Morgan fingerprint density at radius 3 is 2.94 bits per heavy atom. The topological polar surface area (TPSA) is 3.24 Å². The van der Waals surface area contributed by atoms with Crippen LogP contribution in [0.15, 0.2) is 18.2 Å². The summed E-state index contributed by atoms with van der Waals surface area (Å²) in [7, 11) is 0. The van der Waals surface area contributed by atoms with Crippen LogP contribution in [0.1, 0.15) is 36.8 Å². The molecular formula is C15H21Cl2N. The molecule has 1 atom stereocenters. The van der Waals surface area contributed by atoms with E-state index in [4.69, 9.17) is 23.2 Å². The van der Waals surface area contributed by atoms with E-state index >= 15 is 0 Å². The van der Waals surface area contributed by atoms with Crippen molar-refractivity contribution in [2.45, 2.75) is 45.2 Å². The first-order valence-corrected chi connectivity index (χ1v) is 7.67. The molecule has 3 heteroatoms. The third kappa shape index (κ3) is 3.63. The van der Waals surface area contributed by atoms with Crippen LogP contribution in [0.25, 0.3) is 0 Å². The zero-order valence-corrected chi connectivity index (χ0v) is 12.5. The highest BCUT2D eigenvalue weighted by Crippen LogP contribution is 2.26. The van der Waals surface area contributed by atoms with Crippen LogP contribution in [-0.4, -0.2) is 23.4 Å². The molecule has 1 aliphatic rings. The number of hydrogen-bond acceptors (Lipinski definition) is 1. The normalized spacial score (nSPS) is 20.5. The van der Waals surface area contributed by atoms with E-state index in [0.717, 1.165) is 23.9 Å². The van der Waals surface area contributed by atoms with Crippen molar-refractivity contribution in [2.24, 2.45) is 0 Å². The number of hydrogen-bond donors (Lipinski definition) is 0. The van der Waals surface area contributed by atoms with Gasteiger partial charge in [-0.15, -0.1) is 11.6 Å². The number of nitrogens with zero attached hydrogens (tertiary/aromatic N) is 1. The molecule has 0 N–H and O–H groups in total. The summed E-state index contributed by atoms with van der Waals surface area (Å²) in [5, 5.41) is 0.901. The van der Waals surface area contributed by atoms with Gasteiger partial charge in [-0.05, 0) is 56.3 Å². The van der Waals surface area contributed by atoms with Crippen molar-refractivity contribution < 1.29 is 0 Å². The monoisotopic (exact) mass is 285 g/mol. The summed E-state index contributed by atoms with van der Waals surface area (Å²) in [5.41, 5.74) is 2.48. The lowest BCUT2D eigenvalue weighted by Gasteiger charge is -2.24. The van der Waals surface area contributed by atoms with Crippen LogP contribution in [0.4, 0.5) is 0 Å². The first-order chi connectivity index (χ1) is 8.70. The number of aryl methyl sites for hydroxylation is 1. The molecule has 1 aromatic carbocycles. The van der Waals surface area contributed by atoms with Crippen molar-refractivity contribution in [3.05, 3.63) is 34.3 Å². The van der Waals surface area contributed by atoms with Crippen molar-refractivity contribution in [2.75, 3.05) is 12.4 Å². The molecule has 0 aliphatic carbocycles. The van der Waals surface area contributed by atoms with Crippen LogP contribution in [0.2, 0.25) is 5.02 Å². The first kappa shape index (κ1) is 14.2. The van der Waals surface area contributed by atoms with Crippen LogP contribution in [-0.2, 0) is 6.54 Å². The van der Waals surface area contributed by atoms with E-state index in [1.165, 1.54) is 36.9 Å². The molecule has 0 spiro atoms. The average Bonchev–Trinajstić information content (AvgIpc) is 2.77. The van der Waals surface area contributed by atoms with Crippen molar-refractivity contribution in [3.63, 3.8) is 0 Å². The Labute approximate surface area is 120 Å². The fraction of sp³-hybridized carbons (Fsp3) is 0.600. The maximum Gasteiger partial charge on any atom is 0.0453 e. The standard InChI is InChI=1S/C15H21Cl2N/c1-12-6-7-13(15(17)10-12)11-18-9-3-5-14(18)4-2-8-16/h6-7,10,14H,2-5,8-9,11H2,1H3. The summed E-state index contributed by atoms with van der Waals surface area (Å²) in [5.74, 6) is 0.773. The second-order valence-corrected chi connectivity index (χ2v) is 5.98. The molecule has 1 aliphatic heterocycles. The van der Waals surface area contributed by atoms with Crippen LogP contribution in [0.3, 0.4) is 0 Å². The molecule has 1 saturated heterocycles. The van der Waals surface area contributed by atoms with Gasteiger partial charge in [0.05, 0.1) is 0 Å². The summed E-state index contributed by atoms with van der Waals surface area (Å²) >= 11 is 12.1. The lowest BCUT2D eigenvalue weighted by atomic mass is 10.1. The molecule has 1 nitrogen and oxygen atoms in total. The van der Waals surface area contributed by atoms with Gasteiger partial charge in [-0.3, -0.25) is 4.90 Å². The molecule has 1 unspecified atom stereocenters. The van der Waals surface area contributed by atoms with Gasteiger partial charge in [0.2, 0.25) is 0 Å². The molecular weight excluding hydrogens is 265 g/mol. The number of likely N-dealkylation sites (tertiary alicyclic amines) is 1. The smallest absolute Gasteiger partial charge is 0.0453 e. The van der Waals surface area contributed by atoms with E-state index in [0.29, 0.717) is 6.04 Å². The minimum Gasteiger partial charge on any atom is -0.296 e. The molecule has 1 heterocycles. The number of rotatable bonds is 5. The Morgan fingerprint density at radius 2 is 2.22 bits per heavy atom. The number of benzene rings is 1. The third-order valence-corrected chi connectivity index (χ3v) is 4.37. The van der Waals surface area contributed by atoms with Gasteiger partial charge in [0.1, 0.15) is 0 Å². The van der Waals surface area contributed by atoms with E-state index in [2.05, 4.69) is 30.0 Å². The Hall–Kier alpha value is -0.240. The maximum atomic E-state index is 6.31. The summed E-state index contributed by atoms with van der Waals surface area (Å²) in [6, 6.07) is 7.06. The number of halogens is 2. The predicted octanol–water partition coefficient (Wildman–Crippen LogP) is 4.63. The van der Waals surface area contributed by atoms with Gasteiger partial charge in [-0.25, -0.2) is 0 Å². The van der Waals surface area contributed by atoms with Crippen molar-refractivity contribution in [3.8, 4) is 0 Å². The van der Waals surface area contributed by atoms with Crippen LogP contribution in [0.5, 0.6) is 0 Å².